The van der Waals surface area contributed by atoms with E-state index in [1.807, 2.05) is 31.7 Å². The summed E-state index contributed by atoms with van der Waals surface area (Å²) in [7, 11) is 0. The lowest BCUT2D eigenvalue weighted by molar-refractivity contribution is -0.139. The Kier molecular flexibility index (Phi) is 4.11. The van der Waals surface area contributed by atoms with E-state index in [2.05, 4.69) is 0 Å². The van der Waals surface area contributed by atoms with E-state index in [9.17, 15) is 4.79 Å². The number of hydrogen-bond donors (Lipinski definition) is 1. The van der Waals surface area contributed by atoms with Crippen LogP contribution in [-0.4, -0.2) is 34.9 Å². The van der Waals surface area contributed by atoms with Gasteiger partial charge in [0.05, 0.1) is 11.6 Å². The topological polar surface area (TPSA) is 59.0 Å². The second-order valence-electron chi connectivity index (χ2n) is 5.73. The van der Waals surface area contributed by atoms with Crippen molar-refractivity contribution >= 4 is 17.6 Å². The average Bonchev–Trinajstić information content (AvgIpc) is 2.74. The fourth-order valence-corrected chi connectivity index (χ4v) is 2.31. The number of nitrogens with zero attached hydrogens (tertiary/aromatic N) is 1. The molecule has 1 N–H and O–H groups in total. The highest BCUT2D eigenvalue weighted by Crippen LogP contribution is 2.40. The standard InChI is InChI=1S/C14H18ClNO4/c1-14(2,3)16(7-12(17)18)6-9-4-10(15)13-11(5-9)19-8-20-13/h4-5H,6-8H2,1-3H3,(H,17,18). The molecule has 1 aromatic rings. The fraction of sp³-hybridized carbons (Fsp3) is 0.500. The number of benzene rings is 1. The molecule has 2 rings (SSSR count). The zero-order chi connectivity index (χ0) is 14.9. The van der Waals surface area contributed by atoms with E-state index in [1.54, 1.807) is 6.07 Å². The second-order valence-corrected chi connectivity index (χ2v) is 6.14. The number of carboxylic acid groups (broad SMARTS) is 1. The van der Waals surface area contributed by atoms with Crippen molar-refractivity contribution < 1.29 is 19.4 Å². The van der Waals surface area contributed by atoms with E-state index >= 15 is 0 Å². The summed E-state index contributed by atoms with van der Waals surface area (Å²) in [6.07, 6.45) is 0. The molecular formula is C14H18ClNO4. The molecule has 0 aromatic heterocycles. The molecule has 0 unspecified atom stereocenters. The summed E-state index contributed by atoms with van der Waals surface area (Å²) < 4.78 is 10.6. The smallest absolute Gasteiger partial charge is 0.317 e. The normalized spacial score (nSPS) is 13.8. The molecule has 0 aliphatic carbocycles. The predicted molar refractivity (Wildman–Crippen MR) is 75.4 cm³/mol. The van der Waals surface area contributed by atoms with Crippen molar-refractivity contribution in [2.45, 2.75) is 32.9 Å². The SMILES string of the molecule is CC(C)(C)N(CC(=O)O)Cc1cc(Cl)c2c(c1)OCO2. The van der Waals surface area contributed by atoms with Gasteiger partial charge >= 0.3 is 5.97 Å². The zero-order valence-corrected chi connectivity index (χ0v) is 12.5. The van der Waals surface area contributed by atoms with Gasteiger partial charge in [0.25, 0.3) is 0 Å². The van der Waals surface area contributed by atoms with E-state index in [0.717, 1.165) is 5.56 Å². The molecular weight excluding hydrogens is 282 g/mol. The number of rotatable bonds is 4. The Labute approximate surface area is 123 Å². The van der Waals surface area contributed by atoms with E-state index < -0.39 is 5.97 Å². The van der Waals surface area contributed by atoms with Gasteiger partial charge in [0.2, 0.25) is 6.79 Å². The second kappa shape index (κ2) is 5.50. The van der Waals surface area contributed by atoms with Crippen LogP contribution in [0.3, 0.4) is 0 Å². The van der Waals surface area contributed by atoms with Crippen LogP contribution in [0.1, 0.15) is 26.3 Å². The summed E-state index contributed by atoms with van der Waals surface area (Å²) >= 11 is 6.14. The number of aliphatic carboxylic acids is 1. The first-order valence-electron chi connectivity index (χ1n) is 6.32. The summed E-state index contributed by atoms with van der Waals surface area (Å²) in [6, 6.07) is 3.63. The molecule has 0 radical (unpaired) electrons. The maximum Gasteiger partial charge on any atom is 0.317 e. The molecule has 1 aromatic carbocycles. The molecule has 0 spiro atoms. The Bertz CT molecular complexity index is 525. The minimum atomic E-state index is -0.855. The molecule has 0 amide bonds. The van der Waals surface area contributed by atoms with Crippen molar-refractivity contribution in [2.75, 3.05) is 13.3 Å². The fourth-order valence-electron chi connectivity index (χ4n) is 2.03. The minimum Gasteiger partial charge on any atom is -0.480 e. The van der Waals surface area contributed by atoms with Crippen LogP contribution in [0.15, 0.2) is 12.1 Å². The molecule has 110 valence electrons. The van der Waals surface area contributed by atoms with Gasteiger partial charge < -0.3 is 14.6 Å². The van der Waals surface area contributed by atoms with Gasteiger partial charge in [-0.3, -0.25) is 9.69 Å². The Morgan fingerprint density at radius 3 is 2.70 bits per heavy atom. The molecule has 6 heteroatoms. The first-order valence-corrected chi connectivity index (χ1v) is 6.70. The Balaban J connectivity index is 2.23. The summed E-state index contributed by atoms with van der Waals surface area (Å²) in [5, 5.41) is 9.51. The maximum absolute atomic E-state index is 11.0. The first-order chi connectivity index (χ1) is 9.27. The van der Waals surface area contributed by atoms with Gasteiger partial charge in [0, 0.05) is 12.1 Å². The molecule has 1 aliphatic rings. The summed E-state index contributed by atoms with van der Waals surface area (Å²) in [6.45, 7) is 6.54. The Hall–Kier alpha value is -1.46. The van der Waals surface area contributed by atoms with E-state index in [0.29, 0.717) is 23.1 Å². The molecule has 20 heavy (non-hydrogen) atoms. The summed E-state index contributed by atoms with van der Waals surface area (Å²) in [5.74, 6) is 0.305. The lowest BCUT2D eigenvalue weighted by Crippen LogP contribution is -2.43. The summed E-state index contributed by atoms with van der Waals surface area (Å²) in [4.78, 5) is 12.9. The summed E-state index contributed by atoms with van der Waals surface area (Å²) in [5.41, 5.74) is 0.636. The van der Waals surface area contributed by atoms with Crippen molar-refractivity contribution in [1.82, 2.24) is 4.90 Å². The van der Waals surface area contributed by atoms with Crippen LogP contribution in [0.2, 0.25) is 5.02 Å². The van der Waals surface area contributed by atoms with Crippen molar-refractivity contribution in [1.29, 1.82) is 0 Å². The van der Waals surface area contributed by atoms with Crippen LogP contribution >= 0.6 is 11.6 Å². The zero-order valence-electron chi connectivity index (χ0n) is 11.8. The molecule has 0 saturated heterocycles. The Morgan fingerprint density at radius 2 is 2.10 bits per heavy atom. The maximum atomic E-state index is 11.0. The number of carbonyl (C=O) groups is 1. The van der Waals surface area contributed by atoms with Crippen molar-refractivity contribution in [2.24, 2.45) is 0 Å². The quantitative estimate of drug-likeness (QED) is 0.926. The van der Waals surface area contributed by atoms with Gasteiger partial charge in [-0.05, 0) is 38.5 Å². The highest BCUT2D eigenvalue weighted by molar-refractivity contribution is 6.32. The first kappa shape index (κ1) is 14.9. The Morgan fingerprint density at radius 1 is 1.40 bits per heavy atom. The average molecular weight is 300 g/mol. The highest BCUT2D eigenvalue weighted by atomic mass is 35.5. The molecule has 5 nitrogen and oxygen atoms in total. The highest BCUT2D eigenvalue weighted by Gasteiger charge is 2.25. The van der Waals surface area contributed by atoms with Crippen LogP contribution in [0.4, 0.5) is 0 Å². The van der Waals surface area contributed by atoms with Crippen LogP contribution in [0, 0.1) is 0 Å². The lowest BCUT2D eigenvalue weighted by atomic mass is 10.0. The predicted octanol–water partition coefficient (Wildman–Crippen LogP) is 2.75. The lowest BCUT2D eigenvalue weighted by Gasteiger charge is -2.34. The van der Waals surface area contributed by atoms with Gasteiger partial charge in [0.1, 0.15) is 0 Å². The van der Waals surface area contributed by atoms with Gasteiger partial charge in [-0.2, -0.15) is 0 Å². The van der Waals surface area contributed by atoms with Crippen LogP contribution in [0.25, 0.3) is 0 Å². The number of ether oxygens (including phenoxy) is 2. The number of hydrogen-bond acceptors (Lipinski definition) is 4. The molecule has 1 heterocycles. The van der Waals surface area contributed by atoms with Gasteiger partial charge in [-0.25, -0.2) is 0 Å². The van der Waals surface area contributed by atoms with E-state index in [4.69, 9.17) is 26.2 Å². The molecule has 0 bridgehead atoms. The molecule has 0 saturated carbocycles. The van der Waals surface area contributed by atoms with E-state index in [1.165, 1.54) is 0 Å². The van der Waals surface area contributed by atoms with Crippen LogP contribution < -0.4 is 9.47 Å². The van der Waals surface area contributed by atoms with Gasteiger partial charge in [-0.15, -0.1) is 0 Å². The van der Waals surface area contributed by atoms with Crippen molar-refractivity contribution in [3.8, 4) is 11.5 Å². The van der Waals surface area contributed by atoms with Gasteiger partial charge in [0.15, 0.2) is 11.5 Å². The third-order valence-electron chi connectivity index (χ3n) is 3.14. The number of halogens is 1. The minimum absolute atomic E-state index is 0.0322. The third kappa shape index (κ3) is 3.35. The van der Waals surface area contributed by atoms with E-state index in [-0.39, 0.29) is 18.9 Å². The number of fused-ring (bicyclic) bond motifs is 1. The largest absolute Gasteiger partial charge is 0.480 e. The molecule has 1 aliphatic heterocycles. The van der Waals surface area contributed by atoms with Crippen LogP contribution in [0.5, 0.6) is 11.5 Å². The van der Waals surface area contributed by atoms with Crippen molar-refractivity contribution in [3.05, 3.63) is 22.7 Å². The van der Waals surface area contributed by atoms with Crippen LogP contribution in [-0.2, 0) is 11.3 Å². The molecule has 0 fully saturated rings. The van der Waals surface area contributed by atoms with Crippen molar-refractivity contribution in [3.63, 3.8) is 0 Å². The monoisotopic (exact) mass is 299 g/mol. The van der Waals surface area contributed by atoms with Gasteiger partial charge in [-0.1, -0.05) is 11.6 Å². The number of carboxylic acids is 1. The molecule has 0 atom stereocenters. The third-order valence-corrected chi connectivity index (χ3v) is 3.42.